The maximum Gasteiger partial charge on any atom is 0.221 e. The molecule has 2 N–H and O–H groups in total. The molecule has 16 heavy (non-hydrogen) atoms. The van der Waals surface area contributed by atoms with Gasteiger partial charge in [-0.25, -0.2) is 0 Å². The molecular weight excluding hydrogens is 204 g/mol. The normalized spacial score (nSPS) is 30.1. The summed E-state index contributed by atoms with van der Waals surface area (Å²) in [5, 5.41) is 6.23. The van der Waals surface area contributed by atoms with E-state index in [1.54, 1.807) is 0 Å². The Hall–Kier alpha value is -0.610. The molecule has 2 atom stereocenters. The summed E-state index contributed by atoms with van der Waals surface area (Å²) >= 11 is 0. The first-order valence-electron chi connectivity index (χ1n) is 6.27. The molecule has 0 aliphatic carbocycles. The molecule has 1 amide bonds. The van der Waals surface area contributed by atoms with Gasteiger partial charge in [0.25, 0.3) is 0 Å². The first-order valence-corrected chi connectivity index (χ1v) is 6.27. The van der Waals surface area contributed by atoms with E-state index in [1.165, 1.54) is 0 Å². The van der Waals surface area contributed by atoms with E-state index in [1.807, 2.05) is 6.92 Å². The zero-order chi connectivity index (χ0) is 12.0. The van der Waals surface area contributed by atoms with Crippen LogP contribution in [0.2, 0.25) is 0 Å². The Morgan fingerprint density at radius 3 is 2.50 bits per heavy atom. The first kappa shape index (κ1) is 13.5. The largest absolute Gasteiger partial charge is 0.375 e. The third-order valence-electron chi connectivity index (χ3n) is 2.86. The number of amides is 1. The lowest BCUT2D eigenvalue weighted by atomic mass is 10.00. The average Bonchev–Trinajstić information content (AvgIpc) is 2.16. The summed E-state index contributed by atoms with van der Waals surface area (Å²) < 4.78 is 5.66. The fourth-order valence-electron chi connectivity index (χ4n) is 2.25. The molecule has 0 radical (unpaired) electrons. The molecule has 2 unspecified atom stereocenters. The van der Waals surface area contributed by atoms with Crippen molar-refractivity contribution in [3.8, 4) is 0 Å². The summed E-state index contributed by atoms with van der Waals surface area (Å²) in [6.07, 6.45) is 3.30. The molecule has 0 aromatic carbocycles. The van der Waals surface area contributed by atoms with Gasteiger partial charge in [-0.2, -0.15) is 0 Å². The third-order valence-corrected chi connectivity index (χ3v) is 2.86. The first-order chi connectivity index (χ1) is 7.61. The molecule has 4 heteroatoms. The van der Waals surface area contributed by atoms with Gasteiger partial charge in [0.05, 0.1) is 12.2 Å². The van der Waals surface area contributed by atoms with Crippen molar-refractivity contribution >= 4 is 5.91 Å². The van der Waals surface area contributed by atoms with Crippen molar-refractivity contribution in [1.82, 2.24) is 10.6 Å². The van der Waals surface area contributed by atoms with Crippen LogP contribution in [0.1, 0.15) is 40.0 Å². The number of hydrogen-bond donors (Lipinski definition) is 2. The Morgan fingerprint density at radius 1 is 1.31 bits per heavy atom. The molecular formula is C12H24N2O2. The van der Waals surface area contributed by atoms with Crippen molar-refractivity contribution in [3.05, 3.63) is 0 Å². The maximum absolute atomic E-state index is 11.2. The van der Waals surface area contributed by atoms with Gasteiger partial charge < -0.3 is 15.4 Å². The lowest BCUT2D eigenvalue weighted by Crippen LogP contribution is -2.42. The highest BCUT2D eigenvalue weighted by atomic mass is 16.5. The highest BCUT2D eigenvalue weighted by Crippen LogP contribution is 2.18. The van der Waals surface area contributed by atoms with Gasteiger partial charge in [0.2, 0.25) is 5.91 Å². The van der Waals surface area contributed by atoms with Gasteiger partial charge in [-0.05, 0) is 33.6 Å². The average molecular weight is 228 g/mol. The second kappa shape index (κ2) is 6.86. The van der Waals surface area contributed by atoms with E-state index in [9.17, 15) is 4.79 Å². The van der Waals surface area contributed by atoms with Gasteiger partial charge >= 0.3 is 0 Å². The fraction of sp³-hybridized carbons (Fsp3) is 0.917. The van der Waals surface area contributed by atoms with Gasteiger partial charge in [0, 0.05) is 25.6 Å². The van der Waals surface area contributed by atoms with Crippen molar-refractivity contribution in [2.45, 2.75) is 58.3 Å². The lowest BCUT2D eigenvalue weighted by molar-refractivity contribution is -0.120. The molecule has 1 aliphatic rings. The molecule has 1 fully saturated rings. The van der Waals surface area contributed by atoms with Gasteiger partial charge in [-0.15, -0.1) is 0 Å². The number of carbonyl (C=O) groups excluding carboxylic acids is 1. The topological polar surface area (TPSA) is 50.4 Å². The maximum atomic E-state index is 11.2. The van der Waals surface area contributed by atoms with E-state index >= 15 is 0 Å². The lowest BCUT2D eigenvalue weighted by Gasteiger charge is -2.32. The van der Waals surface area contributed by atoms with Crippen molar-refractivity contribution < 1.29 is 9.53 Å². The molecule has 0 aromatic heterocycles. The summed E-state index contributed by atoms with van der Waals surface area (Å²) in [5.41, 5.74) is 0. The summed E-state index contributed by atoms with van der Waals surface area (Å²) in [5.74, 6) is 0.128. The van der Waals surface area contributed by atoms with E-state index in [4.69, 9.17) is 4.74 Å². The molecule has 1 saturated heterocycles. The van der Waals surface area contributed by atoms with Crippen LogP contribution < -0.4 is 10.6 Å². The number of hydrogen-bond acceptors (Lipinski definition) is 3. The van der Waals surface area contributed by atoms with E-state index < -0.39 is 0 Å². The molecule has 1 rings (SSSR count). The van der Waals surface area contributed by atoms with Crippen LogP contribution in [-0.2, 0) is 9.53 Å². The smallest absolute Gasteiger partial charge is 0.221 e. The van der Waals surface area contributed by atoms with E-state index in [0.29, 0.717) is 31.2 Å². The number of carbonyl (C=O) groups is 1. The van der Waals surface area contributed by atoms with E-state index in [-0.39, 0.29) is 5.91 Å². The standard InChI is InChI=1S/C12H24N2O2/c1-4-13-12(15)5-6-14-11-7-9(2)16-10(3)8-11/h9-11,14H,4-8H2,1-3H3,(H,13,15). The van der Waals surface area contributed by atoms with Gasteiger partial charge in [0.15, 0.2) is 0 Å². The predicted octanol–water partition coefficient (Wildman–Crippen LogP) is 1.06. The summed E-state index contributed by atoms with van der Waals surface area (Å²) in [6, 6.07) is 0.494. The minimum Gasteiger partial charge on any atom is -0.375 e. The summed E-state index contributed by atoms with van der Waals surface area (Å²) in [4.78, 5) is 11.2. The van der Waals surface area contributed by atoms with Crippen molar-refractivity contribution in [2.75, 3.05) is 13.1 Å². The van der Waals surface area contributed by atoms with Crippen LogP contribution in [0.5, 0.6) is 0 Å². The Kier molecular flexibility index (Phi) is 5.77. The Morgan fingerprint density at radius 2 is 1.94 bits per heavy atom. The van der Waals surface area contributed by atoms with Crippen LogP contribution in [-0.4, -0.2) is 37.2 Å². The minimum absolute atomic E-state index is 0.128. The van der Waals surface area contributed by atoms with E-state index in [2.05, 4.69) is 24.5 Å². The molecule has 94 valence electrons. The molecule has 4 nitrogen and oxygen atoms in total. The summed E-state index contributed by atoms with van der Waals surface area (Å²) in [7, 11) is 0. The second-order valence-electron chi connectivity index (χ2n) is 4.58. The van der Waals surface area contributed by atoms with Crippen molar-refractivity contribution in [1.29, 1.82) is 0 Å². The van der Waals surface area contributed by atoms with Gasteiger partial charge in [-0.1, -0.05) is 0 Å². The molecule has 1 heterocycles. The SMILES string of the molecule is CCNC(=O)CCNC1CC(C)OC(C)C1. The molecule has 0 bridgehead atoms. The summed E-state index contributed by atoms with van der Waals surface area (Å²) in [6.45, 7) is 7.62. The van der Waals surface area contributed by atoms with Crippen molar-refractivity contribution in [3.63, 3.8) is 0 Å². The van der Waals surface area contributed by atoms with Crippen molar-refractivity contribution in [2.24, 2.45) is 0 Å². The van der Waals surface area contributed by atoms with Crippen LogP contribution in [0, 0.1) is 0 Å². The van der Waals surface area contributed by atoms with Crippen LogP contribution in [0.25, 0.3) is 0 Å². The second-order valence-corrected chi connectivity index (χ2v) is 4.58. The van der Waals surface area contributed by atoms with Crippen LogP contribution >= 0.6 is 0 Å². The number of nitrogens with one attached hydrogen (secondary N) is 2. The molecule has 1 aliphatic heterocycles. The Bertz CT molecular complexity index is 211. The molecule has 0 saturated carbocycles. The van der Waals surface area contributed by atoms with Crippen LogP contribution in [0.15, 0.2) is 0 Å². The highest BCUT2D eigenvalue weighted by Gasteiger charge is 2.23. The van der Waals surface area contributed by atoms with Gasteiger partial charge in [-0.3, -0.25) is 4.79 Å². The van der Waals surface area contributed by atoms with Crippen LogP contribution in [0.4, 0.5) is 0 Å². The zero-order valence-electron chi connectivity index (χ0n) is 10.6. The third kappa shape index (κ3) is 4.94. The minimum atomic E-state index is 0.128. The van der Waals surface area contributed by atoms with Crippen LogP contribution in [0.3, 0.4) is 0 Å². The van der Waals surface area contributed by atoms with Gasteiger partial charge in [0.1, 0.15) is 0 Å². The number of ether oxygens (including phenoxy) is 1. The predicted molar refractivity (Wildman–Crippen MR) is 64.3 cm³/mol. The van der Waals surface area contributed by atoms with E-state index in [0.717, 1.165) is 19.4 Å². The zero-order valence-corrected chi connectivity index (χ0v) is 10.6. The quantitative estimate of drug-likeness (QED) is 0.739. The fourth-order valence-corrected chi connectivity index (χ4v) is 2.25. The molecule has 0 aromatic rings. The molecule has 0 spiro atoms. The monoisotopic (exact) mass is 228 g/mol. The Labute approximate surface area is 98.1 Å². The number of rotatable bonds is 5. The highest BCUT2D eigenvalue weighted by molar-refractivity contribution is 5.75. The Balaban J connectivity index is 2.14.